The highest BCUT2D eigenvalue weighted by molar-refractivity contribution is 7.47. The maximum atomic E-state index is 13.1. The molecule has 97 heavy (non-hydrogen) atoms. The maximum absolute atomic E-state index is 13.1. The van der Waals surface area contributed by atoms with E-state index in [1.807, 2.05) is 0 Å². The Labute approximate surface area is 594 Å². The SMILES string of the molecule is CCCCCCCCCCCCCCCC(=O)O[C@H](COC(=O)CCCCCCCCCC(C)C)COP(=O)(O)OC[C@H](O)COP(=O)(O)OC[C@@H](COC(=O)CCCCCCCCCCCCCCC(C)C)OC(=O)CCCCCCCCCCCCCCCCCCC(C)C. The number of hydrogen-bond acceptors (Lipinski definition) is 15. The molecule has 0 saturated heterocycles. The van der Waals surface area contributed by atoms with Gasteiger partial charge in [0.1, 0.15) is 19.3 Å². The third-order valence-corrected chi connectivity index (χ3v) is 20.0. The first-order valence-corrected chi connectivity index (χ1v) is 43.3. The number of carbonyl (C=O) groups is 4. The normalized spacial score (nSPS) is 14.0. The van der Waals surface area contributed by atoms with E-state index < -0.39 is 97.5 Å². The number of esters is 4. The molecular formula is C78H152O17P2. The average molecular weight is 1420 g/mol. The van der Waals surface area contributed by atoms with Crippen LogP contribution in [0.1, 0.15) is 402 Å². The maximum Gasteiger partial charge on any atom is 0.472 e. The molecule has 0 radical (unpaired) electrons. The quantitative estimate of drug-likeness (QED) is 0.0222. The molecule has 0 amide bonds. The van der Waals surface area contributed by atoms with Crippen LogP contribution in [0, 0.1) is 17.8 Å². The molecule has 0 fully saturated rings. The van der Waals surface area contributed by atoms with Crippen molar-refractivity contribution in [3.8, 4) is 0 Å². The smallest absolute Gasteiger partial charge is 0.462 e. The van der Waals surface area contributed by atoms with Crippen molar-refractivity contribution in [1.29, 1.82) is 0 Å². The zero-order valence-corrected chi connectivity index (χ0v) is 65.3. The minimum atomic E-state index is -4.96. The van der Waals surface area contributed by atoms with E-state index in [4.69, 9.17) is 37.0 Å². The van der Waals surface area contributed by atoms with E-state index in [2.05, 4.69) is 48.5 Å². The lowest BCUT2D eigenvalue weighted by Crippen LogP contribution is -2.30. The van der Waals surface area contributed by atoms with Crippen LogP contribution in [0.25, 0.3) is 0 Å². The van der Waals surface area contributed by atoms with Gasteiger partial charge in [-0.05, 0) is 43.4 Å². The molecule has 5 atom stereocenters. The van der Waals surface area contributed by atoms with E-state index in [1.165, 1.54) is 205 Å². The first-order valence-electron chi connectivity index (χ1n) is 40.3. The Hall–Kier alpha value is -1.94. The van der Waals surface area contributed by atoms with Crippen molar-refractivity contribution in [2.24, 2.45) is 17.8 Å². The van der Waals surface area contributed by atoms with Gasteiger partial charge in [-0.2, -0.15) is 0 Å². The van der Waals surface area contributed by atoms with E-state index in [0.29, 0.717) is 31.6 Å². The Morgan fingerprint density at radius 3 is 0.701 bits per heavy atom. The molecule has 0 bridgehead atoms. The summed E-state index contributed by atoms with van der Waals surface area (Å²) < 4.78 is 68.6. The Balaban J connectivity index is 5.24. The highest BCUT2D eigenvalue weighted by atomic mass is 31.2. The van der Waals surface area contributed by atoms with Gasteiger partial charge in [-0.3, -0.25) is 37.3 Å². The molecule has 19 heteroatoms. The summed E-state index contributed by atoms with van der Waals surface area (Å²) >= 11 is 0. The number of aliphatic hydroxyl groups is 1. The van der Waals surface area contributed by atoms with Gasteiger partial charge in [0.05, 0.1) is 26.4 Å². The summed E-state index contributed by atoms with van der Waals surface area (Å²) in [4.78, 5) is 72.9. The number of phosphoric acid groups is 2. The topological polar surface area (TPSA) is 237 Å². The molecule has 0 aromatic rings. The van der Waals surface area contributed by atoms with Gasteiger partial charge in [-0.1, -0.05) is 350 Å². The zero-order valence-electron chi connectivity index (χ0n) is 63.5. The highest BCUT2D eigenvalue weighted by Crippen LogP contribution is 2.45. The Kier molecular flexibility index (Phi) is 67.1. The molecule has 0 heterocycles. The summed E-state index contributed by atoms with van der Waals surface area (Å²) in [7, 11) is -9.91. The fourth-order valence-corrected chi connectivity index (χ4v) is 13.5. The first-order chi connectivity index (χ1) is 46.7. The van der Waals surface area contributed by atoms with Crippen LogP contribution in [0.4, 0.5) is 0 Å². The van der Waals surface area contributed by atoms with E-state index in [0.717, 1.165) is 108 Å². The summed E-state index contributed by atoms with van der Waals surface area (Å²) in [6.45, 7) is 11.9. The summed E-state index contributed by atoms with van der Waals surface area (Å²) in [5.41, 5.74) is 0. The number of rotatable bonds is 76. The van der Waals surface area contributed by atoms with Crippen molar-refractivity contribution < 1.29 is 80.2 Å². The van der Waals surface area contributed by atoms with Crippen molar-refractivity contribution in [2.75, 3.05) is 39.6 Å². The molecule has 0 aliphatic heterocycles. The van der Waals surface area contributed by atoms with Crippen LogP contribution in [0.3, 0.4) is 0 Å². The Bertz CT molecular complexity index is 1890. The fraction of sp³-hybridized carbons (Fsp3) is 0.949. The third-order valence-electron chi connectivity index (χ3n) is 18.1. The zero-order chi connectivity index (χ0) is 71.6. The standard InChI is InChI=1S/C78H152O17P2/c1-8-9-10-11-12-13-14-19-27-32-39-47-54-61-77(82)95-74(66-89-76(81)60-53-46-41-34-37-44-51-58-71(6)7)68-93-97(86,87)91-64-72(79)63-90-96(84,85)92-67-73(65-88-75(80)59-52-45-38-31-26-23-22-25-30-36-43-50-57-70(4)5)94-78(83)62-55-48-40-33-28-21-18-16-15-17-20-24-29-35-42-49-56-69(2)3/h69-74,79H,8-68H2,1-7H3,(H,84,85)(H,86,87)/t72-,73-,74-/m1/s1. The van der Waals surface area contributed by atoms with Crippen LogP contribution in [-0.4, -0.2) is 96.7 Å². The van der Waals surface area contributed by atoms with Crippen LogP contribution >= 0.6 is 15.6 Å². The molecule has 2 unspecified atom stereocenters. The monoisotopic (exact) mass is 1420 g/mol. The van der Waals surface area contributed by atoms with Crippen molar-refractivity contribution >= 4 is 39.5 Å². The van der Waals surface area contributed by atoms with Crippen molar-refractivity contribution in [3.05, 3.63) is 0 Å². The van der Waals surface area contributed by atoms with Gasteiger partial charge < -0.3 is 33.8 Å². The molecule has 0 aromatic carbocycles. The Morgan fingerprint density at radius 2 is 0.474 bits per heavy atom. The van der Waals surface area contributed by atoms with Gasteiger partial charge in [0.25, 0.3) is 0 Å². The van der Waals surface area contributed by atoms with Crippen molar-refractivity contribution in [3.63, 3.8) is 0 Å². The second-order valence-corrected chi connectivity index (χ2v) is 32.4. The van der Waals surface area contributed by atoms with Crippen molar-refractivity contribution in [2.45, 2.75) is 420 Å². The number of ether oxygens (including phenoxy) is 4. The van der Waals surface area contributed by atoms with E-state index >= 15 is 0 Å². The van der Waals surface area contributed by atoms with Gasteiger partial charge in [0.15, 0.2) is 12.2 Å². The largest absolute Gasteiger partial charge is 0.472 e. The molecular weight excluding hydrogens is 1270 g/mol. The predicted molar refractivity (Wildman–Crippen MR) is 395 cm³/mol. The summed E-state index contributed by atoms with van der Waals surface area (Å²) in [6.07, 6.45) is 55.5. The molecule has 576 valence electrons. The fourth-order valence-electron chi connectivity index (χ4n) is 12.0. The molecule has 17 nitrogen and oxygen atoms in total. The minimum Gasteiger partial charge on any atom is -0.462 e. The lowest BCUT2D eigenvalue weighted by molar-refractivity contribution is -0.161. The second-order valence-electron chi connectivity index (χ2n) is 29.5. The highest BCUT2D eigenvalue weighted by Gasteiger charge is 2.30. The van der Waals surface area contributed by atoms with Gasteiger partial charge in [-0.25, -0.2) is 9.13 Å². The molecule has 0 aliphatic carbocycles. The van der Waals surface area contributed by atoms with E-state index in [1.54, 1.807) is 0 Å². The number of carbonyl (C=O) groups excluding carboxylic acids is 4. The van der Waals surface area contributed by atoms with E-state index in [9.17, 15) is 43.2 Å². The summed E-state index contributed by atoms with van der Waals surface area (Å²) in [5.74, 6) is 0.182. The van der Waals surface area contributed by atoms with Gasteiger partial charge >= 0.3 is 39.5 Å². The van der Waals surface area contributed by atoms with Gasteiger partial charge in [-0.15, -0.1) is 0 Å². The second kappa shape index (κ2) is 68.5. The number of hydrogen-bond donors (Lipinski definition) is 3. The molecule has 0 aromatic heterocycles. The molecule has 0 aliphatic rings. The summed E-state index contributed by atoms with van der Waals surface area (Å²) in [5, 5.41) is 10.6. The number of phosphoric ester groups is 2. The third kappa shape index (κ3) is 72.2. The van der Waals surface area contributed by atoms with Gasteiger partial charge in [0, 0.05) is 25.7 Å². The van der Waals surface area contributed by atoms with Crippen LogP contribution in [0.15, 0.2) is 0 Å². The van der Waals surface area contributed by atoms with Crippen LogP contribution < -0.4 is 0 Å². The van der Waals surface area contributed by atoms with Gasteiger partial charge in [0.2, 0.25) is 0 Å². The van der Waals surface area contributed by atoms with E-state index in [-0.39, 0.29) is 25.7 Å². The average Bonchev–Trinajstić information content (AvgIpc) is 1.65. The van der Waals surface area contributed by atoms with Crippen LogP contribution in [-0.2, 0) is 65.4 Å². The van der Waals surface area contributed by atoms with Crippen LogP contribution in [0.5, 0.6) is 0 Å². The molecule has 0 saturated carbocycles. The molecule has 0 rings (SSSR count). The predicted octanol–water partition coefficient (Wildman–Crippen LogP) is 23.0. The van der Waals surface area contributed by atoms with Crippen LogP contribution in [0.2, 0.25) is 0 Å². The Morgan fingerprint density at radius 1 is 0.278 bits per heavy atom. The molecule has 0 spiro atoms. The minimum absolute atomic E-state index is 0.107. The number of unbranched alkanes of at least 4 members (excludes halogenated alkanes) is 44. The van der Waals surface area contributed by atoms with Crippen molar-refractivity contribution in [1.82, 2.24) is 0 Å². The lowest BCUT2D eigenvalue weighted by atomic mass is 10.0. The lowest BCUT2D eigenvalue weighted by Gasteiger charge is -2.21. The molecule has 3 N–H and O–H groups in total. The summed E-state index contributed by atoms with van der Waals surface area (Å²) in [6, 6.07) is 0. The number of aliphatic hydroxyl groups excluding tert-OH is 1. The first kappa shape index (κ1) is 95.1.